The molecule has 0 aliphatic carbocycles. The molecule has 0 spiro atoms. The van der Waals surface area contributed by atoms with Gasteiger partial charge in [0.05, 0.1) is 23.1 Å². The van der Waals surface area contributed by atoms with Crippen LogP contribution >= 0.6 is 23.4 Å². The van der Waals surface area contributed by atoms with Crippen molar-refractivity contribution in [2.75, 3.05) is 56.2 Å². The fourth-order valence-electron chi connectivity index (χ4n) is 4.58. The first-order valence-corrected chi connectivity index (χ1v) is 15.7. The second-order valence-electron chi connectivity index (χ2n) is 9.66. The van der Waals surface area contributed by atoms with E-state index in [0.717, 1.165) is 24.4 Å². The normalized spacial score (nSPS) is 13.7. The molecule has 13 heteroatoms. The molecule has 9 nitrogen and oxygen atoms in total. The number of benzene rings is 3. The van der Waals surface area contributed by atoms with Crippen LogP contribution in [-0.4, -0.2) is 67.1 Å². The molecular formula is C30H34ClF2N5O4S. The smallest absolute Gasteiger partial charge is 0.311 e. The number of guanidine groups is 1. The number of hydrogen-bond donors (Lipinski definition) is 1. The number of anilines is 1. The van der Waals surface area contributed by atoms with Crippen molar-refractivity contribution in [2.24, 2.45) is 4.99 Å². The van der Waals surface area contributed by atoms with Crippen LogP contribution in [0.1, 0.15) is 18.9 Å². The Morgan fingerprint density at radius 3 is 2.58 bits per heavy atom. The summed E-state index contributed by atoms with van der Waals surface area (Å²) in [5, 5.41) is 14.8. The summed E-state index contributed by atoms with van der Waals surface area (Å²) in [5.41, 5.74) is 1.32. The van der Waals surface area contributed by atoms with Gasteiger partial charge in [0.2, 0.25) is 0 Å². The van der Waals surface area contributed by atoms with Crippen LogP contribution in [0.3, 0.4) is 0 Å². The second-order valence-corrected chi connectivity index (χ2v) is 11.1. The Hall–Kier alpha value is -3.77. The minimum Gasteiger partial charge on any atom is -0.487 e. The number of ether oxygens (including phenoxy) is 2. The fraction of sp³-hybridized carbons (Fsp3) is 0.367. The molecule has 1 fully saturated rings. The van der Waals surface area contributed by atoms with Gasteiger partial charge in [-0.2, -0.15) is 11.8 Å². The number of nitrogens with zero attached hydrogens (tertiary/aromatic N) is 4. The second kappa shape index (κ2) is 15.6. The first kappa shape index (κ1) is 32.2. The zero-order valence-electron chi connectivity index (χ0n) is 24.0. The quantitative estimate of drug-likeness (QED) is 0.0771. The van der Waals surface area contributed by atoms with Gasteiger partial charge in [-0.25, -0.2) is 13.8 Å². The van der Waals surface area contributed by atoms with Crippen molar-refractivity contribution in [3.8, 4) is 17.2 Å². The van der Waals surface area contributed by atoms with Crippen LogP contribution < -0.4 is 19.7 Å². The van der Waals surface area contributed by atoms with Gasteiger partial charge in [0, 0.05) is 62.2 Å². The number of halogens is 3. The lowest BCUT2D eigenvalue weighted by molar-refractivity contribution is -0.385. The van der Waals surface area contributed by atoms with Gasteiger partial charge in [-0.05, 0) is 61.8 Å². The molecule has 1 aliphatic heterocycles. The number of nitro groups is 1. The Morgan fingerprint density at radius 1 is 1.09 bits per heavy atom. The molecule has 0 radical (unpaired) electrons. The SMILES string of the molecule is CCOc1cc(N2CCN(C(=NCc3cc(F)ccc3Oc3ccc(F)c(Cl)c3)NCCCSC)CC2)ccc1[N+](=O)[O-]. The van der Waals surface area contributed by atoms with E-state index in [1.165, 1.54) is 42.5 Å². The Labute approximate surface area is 259 Å². The third-order valence-corrected chi connectivity index (χ3v) is 7.72. The first-order valence-electron chi connectivity index (χ1n) is 13.9. The Bertz CT molecular complexity index is 1440. The summed E-state index contributed by atoms with van der Waals surface area (Å²) < 4.78 is 39.3. The molecule has 1 aliphatic rings. The molecule has 1 saturated heterocycles. The van der Waals surface area contributed by atoms with E-state index in [4.69, 9.17) is 26.1 Å². The predicted molar refractivity (Wildman–Crippen MR) is 168 cm³/mol. The van der Waals surface area contributed by atoms with Gasteiger partial charge in [0.25, 0.3) is 0 Å². The highest BCUT2D eigenvalue weighted by Gasteiger charge is 2.23. The number of rotatable bonds is 12. The highest BCUT2D eigenvalue weighted by atomic mass is 35.5. The van der Waals surface area contributed by atoms with Gasteiger partial charge >= 0.3 is 5.69 Å². The van der Waals surface area contributed by atoms with Crippen molar-refractivity contribution in [1.82, 2.24) is 10.2 Å². The van der Waals surface area contributed by atoms with E-state index < -0.39 is 16.6 Å². The van der Waals surface area contributed by atoms with E-state index in [2.05, 4.69) is 21.4 Å². The average Bonchev–Trinajstić information content (AvgIpc) is 3.00. The van der Waals surface area contributed by atoms with Crippen LogP contribution in [0.15, 0.2) is 59.6 Å². The summed E-state index contributed by atoms with van der Waals surface area (Å²) in [4.78, 5) is 20.1. The van der Waals surface area contributed by atoms with E-state index in [1.54, 1.807) is 30.8 Å². The largest absolute Gasteiger partial charge is 0.487 e. The maximum atomic E-state index is 14.3. The predicted octanol–water partition coefficient (Wildman–Crippen LogP) is 6.74. The lowest BCUT2D eigenvalue weighted by atomic mass is 10.2. The zero-order valence-corrected chi connectivity index (χ0v) is 25.6. The van der Waals surface area contributed by atoms with Crippen molar-refractivity contribution in [1.29, 1.82) is 0 Å². The molecular weight excluding hydrogens is 600 g/mol. The van der Waals surface area contributed by atoms with Crippen molar-refractivity contribution in [3.63, 3.8) is 0 Å². The lowest BCUT2D eigenvalue weighted by Gasteiger charge is -2.38. The van der Waals surface area contributed by atoms with Crippen molar-refractivity contribution >= 4 is 40.7 Å². The number of nitro benzene ring substituents is 1. The molecule has 230 valence electrons. The molecule has 1 N–H and O–H groups in total. The number of piperazine rings is 1. The Balaban J connectivity index is 1.50. The monoisotopic (exact) mass is 633 g/mol. The zero-order chi connectivity index (χ0) is 30.8. The van der Waals surface area contributed by atoms with Gasteiger partial charge in [-0.3, -0.25) is 10.1 Å². The van der Waals surface area contributed by atoms with Gasteiger partial charge in [0.1, 0.15) is 23.1 Å². The van der Waals surface area contributed by atoms with E-state index in [0.29, 0.717) is 55.8 Å². The summed E-state index contributed by atoms with van der Waals surface area (Å²) in [6.07, 6.45) is 3.01. The molecule has 3 aromatic rings. The molecule has 0 saturated carbocycles. The van der Waals surface area contributed by atoms with Crippen LogP contribution in [0.25, 0.3) is 0 Å². The molecule has 0 amide bonds. The van der Waals surface area contributed by atoms with Crippen molar-refractivity contribution in [3.05, 3.63) is 86.9 Å². The molecule has 0 aromatic heterocycles. The summed E-state index contributed by atoms with van der Waals surface area (Å²) in [7, 11) is 0. The first-order chi connectivity index (χ1) is 20.8. The van der Waals surface area contributed by atoms with Crippen LogP contribution in [-0.2, 0) is 6.54 Å². The molecule has 43 heavy (non-hydrogen) atoms. The van der Waals surface area contributed by atoms with E-state index in [1.807, 2.05) is 0 Å². The van der Waals surface area contributed by atoms with Crippen LogP contribution in [0.4, 0.5) is 20.2 Å². The van der Waals surface area contributed by atoms with E-state index in [-0.39, 0.29) is 23.0 Å². The summed E-state index contributed by atoms with van der Waals surface area (Å²) in [6, 6.07) is 13.2. The molecule has 0 atom stereocenters. The van der Waals surface area contributed by atoms with Gasteiger partial charge in [0.15, 0.2) is 11.7 Å². The van der Waals surface area contributed by atoms with Gasteiger partial charge in [-0.15, -0.1) is 0 Å². The van der Waals surface area contributed by atoms with Crippen LogP contribution in [0.5, 0.6) is 17.2 Å². The van der Waals surface area contributed by atoms with Gasteiger partial charge < -0.3 is 24.6 Å². The number of thioether (sulfide) groups is 1. The third-order valence-electron chi connectivity index (χ3n) is 6.73. The number of nitrogens with one attached hydrogen (secondary N) is 1. The number of hydrogen-bond acceptors (Lipinski definition) is 7. The van der Waals surface area contributed by atoms with E-state index in [9.17, 15) is 18.9 Å². The van der Waals surface area contributed by atoms with E-state index >= 15 is 0 Å². The molecule has 3 aromatic carbocycles. The third kappa shape index (κ3) is 8.87. The number of aliphatic imine (C=N–C) groups is 1. The Morgan fingerprint density at radius 2 is 1.88 bits per heavy atom. The molecule has 1 heterocycles. The standard InChI is InChI=1S/C30H34ClF2N5O4S/c1-3-41-29-18-23(6-9-27(29)38(39)40)36-12-14-37(15-13-36)30(34-11-4-16-43-2)35-20-21-17-22(32)5-10-28(21)42-24-7-8-26(33)25(31)19-24/h5-10,17-19H,3-4,11-16,20H2,1-2H3,(H,34,35). The van der Waals surface area contributed by atoms with Crippen LogP contribution in [0, 0.1) is 21.7 Å². The molecule has 0 bridgehead atoms. The maximum absolute atomic E-state index is 14.3. The Kier molecular flexibility index (Phi) is 11.7. The van der Waals surface area contributed by atoms with Crippen molar-refractivity contribution in [2.45, 2.75) is 19.9 Å². The van der Waals surface area contributed by atoms with Crippen molar-refractivity contribution < 1.29 is 23.2 Å². The molecule has 0 unspecified atom stereocenters. The lowest BCUT2D eigenvalue weighted by Crippen LogP contribution is -2.52. The fourth-order valence-corrected chi connectivity index (χ4v) is 5.18. The summed E-state index contributed by atoms with van der Waals surface area (Å²) >= 11 is 7.67. The average molecular weight is 634 g/mol. The van der Waals surface area contributed by atoms with Gasteiger partial charge in [-0.1, -0.05) is 11.6 Å². The maximum Gasteiger partial charge on any atom is 0.311 e. The topological polar surface area (TPSA) is 92.5 Å². The minimum absolute atomic E-state index is 0.0590. The van der Waals surface area contributed by atoms with Crippen LogP contribution in [0.2, 0.25) is 5.02 Å². The summed E-state index contributed by atoms with van der Waals surface area (Å²) in [6.45, 7) is 5.61. The highest BCUT2D eigenvalue weighted by molar-refractivity contribution is 7.98. The highest BCUT2D eigenvalue weighted by Crippen LogP contribution is 2.33. The molecule has 4 rings (SSSR count). The minimum atomic E-state index is -0.557. The summed E-state index contributed by atoms with van der Waals surface area (Å²) in [5.74, 6) is 1.68.